The van der Waals surface area contributed by atoms with Crippen LogP contribution in [0.1, 0.15) is 37.5 Å². The number of Topliss-reactive ketones (excluding diaryl/α,β-unsaturated/α-hetero) is 1. The topological polar surface area (TPSA) is 17.1 Å². The molecule has 2 heteroatoms. The molecule has 3 aromatic rings. The summed E-state index contributed by atoms with van der Waals surface area (Å²) < 4.78 is 0. The fourth-order valence-corrected chi connectivity index (χ4v) is 2.81. The van der Waals surface area contributed by atoms with Gasteiger partial charge in [-0.3, -0.25) is 0 Å². The first-order valence-electron chi connectivity index (χ1n) is 8.19. The molecule has 0 aromatic heterocycles. The molecule has 27 heavy (non-hydrogen) atoms. The molecule has 0 N–H and O–H groups in total. The normalized spacial score (nSPS) is 9.30. The summed E-state index contributed by atoms with van der Waals surface area (Å²) in [4.78, 5) is 9.44. The number of ketones is 1. The molecule has 3 aromatic carbocycles. The van der Waals surface area contributed by atoms with Crippen LogP contribution in [-0.4, -0.2) is 5.78 Å². The maximum atomic E-state index is 9.44. The van der Waals surface area contributed by atoms with Crippen molar-refractivity contribution >= 4 is 5.78 Å². The summed E-state index contributed by atoms with van der Waals surface area (Å²) in [6.07, 6.45) is 0. The Morgan fingerprint density at radius 3 is 0.963 bits per heavy atom. The standard InChI is InChI=1S/C20H18.C3H6O.2CH3.Y/c1-20(17-11-5-2-6-12-17,18-13-7-3-8-14-18)19-15-9-4-10-16-19;1-3(2)4;;;/h2-16H,1H3;1-2H3;2*1H3;/q;;2*-1;. The molecule has 0 aliphatic heterocycles. The molecule has 1 nitrogen and oxygen atoms in total. The van der Waals surface area contributed by atoms with Crippen LogP contribution < -0.4 is 0 Å². The Bertz CT molecular complexity index is 651. The van der Waals surface area contributed by atoms with E-state index in [2.05, 4.69) is 97.9 Å². The van der Waals surface area contributed by atoms with E-state index < -0.39 is 0 Å². The van der Waals surface area contributed by atoms with Gasteiger partial charge in [0.2, 0.25) is 0 Å². The van der Waals surface area contributed by atoms with Gasteiger partial charge in [0.25, 0.3) is 0 Å². The SMILES string of the molecule is CC(C)=O.CC(c1ccccc1)(c1ccccc1)c1ccccc1.[CH3-].[CH3-].[Y]. The Kier molecular flexibility index (Phi) is 13.9. The van der Waals surface area contributed by atoms with Crippen molar-refractivity contribution in [3.63, 3.8) is 0 Å². The van der Waals surface area contributed by atoms with E-state index in [-0.39, 0.29) is 58.8 Å². The maximum absolute atomic E-state index is 9.44. The van der Waals surface area contributed by atoms with Gasteiger partial charge < -0.3 is 19.6 Å². The van der Waals surface area contributed by atoms with E-state index >= 15 is 0 Å². The molecule has 0 aliphatic carbocycles. The molecular formula is C25H30OY-2. The van der Waals surface area contributed by atoms with Crippen LogP contribution in [0.4, 0.5) is 0 Å². The predicted molar refractivity (Wildman–Crippen MR) is 114 cm³/mol. The minimum atomic E-state index is -0.121. The molecule has 0 spiro atoms. The van der Waals surface area contributed by atoms with Gasteiger partial charge in [0, 0.05) is 38.1 Å². The van der Waals surface area contributed by atoms with Gasteiger partial charge in [-0.15, -0.1) is 0 Å². The first kappa shape index (κ1) is 27.7. The Labute approximate surface area is 191 Å². The van der Waals surface area contributed by atoms with Crippen molar-refractivity contribution in [2.24, 2.45) is 0 Å². The number of hydrogen-bond acceptors (Lipinski definition) is 1. The summed E-state index contributed by atoms with van der Waals surface area (Å²) in [5.74, 6) is 0.167. The third-order valence-corrected chi connectivity index (χ3v) is 4.05. The van der Waals surface area contributed by atoms with Crippen LogP contribution in [-0.2, 0) is 42.9 Å². The number of carbonyl (C=O) groups is 1. The van der Waals surface area contributed by atoms with Gasteiger partial charge in [0.1, 0.15) is 5.78 Å². The Balaban J connectivity index is 0. The van der Waals surface area contributed by atoms with Crippen LogP contribution in [0.2, 0.25) is 0 Å². The maximum Gasteiger partial charge on any atom is 0.126 e. The summed E-state index contributed by atoms with van der Waals surface area (Å²) in [7, 11) is 0. The largest absolute Gasteiger partial charge is 0.358 e. The molecule has 0 fully saturated rings. The van der Waals surface area contributed by atoms with Crippen LogP contribution in [0.15, 0.2) is 91.0 Å². The third kappa shape index (κ3) is 7.52. The van der Waals surface area contributed by atoms with Crippen LogP contribution in [0.25, 0.3) is 0 Å². The summed E-state index contributed by atoms with van der Waals surface area (Å²) >= 11 is 0. The van der Waals surface area contributed by atoms with Crippen molar-refractivity contribution in [3.8, 4) is 0 Å². The van der Waals surface area contributed by atoms with E-state index in [1.807, 2.05) is 0 Å². The van der Waals surface area contributed by atoms with Gasteiger partial charge in [-0.2, -0.15) is 0 Å². The molecule has 0 bridgehead atoms. The first-order valence-corrected chi connectivity index (χ1v) is 8.19. The van der Waals surface area contributed by atoms with Gasteiger partial charge >= 0.3 is 0 Å². The Hall–Kier alpha value is -1.57. The summed E-state index contributed by atoms with van der Waals surface area (Å²) in [5.41, 5.74) is 3.83. The minimum absolute atomic E-state index is 0. The Morgan fingerprint density at radius 1 is 0.593 bits per heavy atom. The van der Waals surface area contributed by atoms with E-state index in [1.54, 1.807) is 0 Å². The van der Waals surface area contributed by atoms with Crippen molar-refractivity contribution < 1.29 is 37.5 Å². The van der Waals surface area contributed by atoms with Crippen molar-refractivity contribution in [3.05, 3.63) is 123 Å². The molecule has 0 saturated heterocycles. The molecule has 0 unspecified atom stereocenters. The van der Waals surface area contributed by atoms with Crippen LogP contribution in [0.5, 0.6) is 0 Å². The van der Waals surface area contributed by atoms with E-state index in [0.717, 1.165) is 0 Å². The first-order chi connectivity index (χ1) is 11.5. The number of carbonyl (C=O) groups excluding carboxylic acids is 1. The quantitative estimate of drug-likeness (QED) is 0.338. The molecular weight excluding hydrogens is 405 g/mol. The number of rotatable bonds is 3. The van der Waals surface area contributed by atoms with E-state index in [0.29, 0.717) is 0 Å². The molecule has 0 aliphatic rings. The zero-order valence-electron chi connectivity index (χ0n) is 17.1. The summed E-state index contributed by atoms with van der Waals surface area (Å²) in [6, 6.07) is 32.1. The predicted octanol–water partition coefficient (Wildman–Crippen LogP) is 6.53. The second-order valence-electron chi connectivity index (χ2n) is 6.13. The smallest absolute Gasteiger partial charge is 0.126 e. The Morgan fingerprint density at radius 2 is 0.778 bits per heavy atom. The zero-order chi connectivity index (χ0) is 17.4. The molecule has 1 radical (unpaired) electrons. The van der Waals surface area contributed by atoms with Crippen molar-refractivity contribution in [2.45, 2.75) is 26.2 Å². The van der Waals surface area contributed by atoms with E-state index in [1.165, 1.54) is 30.5 Å². The number of hydrogen-bond donors (Lipinski definition) is 0. The number of benzene rings is 3. The summed E-state index contributed by atoms with van der Waals surface area (Å²) in [5, 5.41) is 0. The summed E-state index contributed by atoms with van der Waals surface area (Å²) in [6.45, 7) is 5.35. The fraction of sp³-hybridized carbons (Fsp3) is 0.160. The molecule has 0 heterocycles. The van der Waals surface area contributed by atoms with Crippen LogP contribution >= 0.6 is 0 Å². The van der Waals surface area contributed by atoms with Crippen LogP contribution in [0.3, 0.4) is 0 Å². The van der Waals surface area contributed by atoms with Gasteiger partial charge in [-0.25, -0.2) is 0 Å². The monoisotopic (exact) mass is 435 g/mol. The molecule has 141 valence electrons. The van der Waals surface area contributed by atoms with Gasteiger partial charge in [0.15, 0.2) is 0 Å². The molecule has 3 rings (SSSR count). The molecule has 0 saturated carbocycles. The van der Waals surface area contributed by atoms with E-state index in [9.17, 15) is 4.79 Å². The second-order valence-corrected chi connectivity index (χ2v) is 6.13. The zero-order valence-corrected chi connectivity index (χ0v) is 20.0. The van der Waals surface area contributed by atoms with Gasteiger partial charge in [0.05, 0.1) is 0 Å². The van der Waals surface area contributed by atoms with E-state index in [4.69, 9.17) is 0 Å². The molecule has 0 atom stereocenters. The average Bonchev–Trinajstić information content (AvgIpc) is 2.63. The fourth-order valence-electron chi connectivity index (χ4n) is 2.81. The van der Waals surface area contributed by atoms with Crippen molar-refractivity contribution in [1.82, 2.24) is 0 Å². The van der Waals surface area contributed by atoms with Crippen molar-refractivity contribution in [1.29, 1.82) is 0 Å². The van der Waals surface area contributed by atoms with Gasteiger partial charge in [-0.05, 0) is 37.5 Å². The minimum Gasteiger partial charge on any atom is -0.358 e. The molecule has 0 amide bonds. The van der Waals surface area contributed by atoms with Gasteiger partial charge in [-0.1, -0.05) is 91.0 Å². The third-order valence-electron chi connectivity index (χ3n) is 4.05. The average molecular weight is 435 g/mol. The second kappa shape index (κ2) is 13.6. The van der Waals surface area contributed by atoms with Crippen LogP contribution in [0, 0.1) is 14.9 Å². The van der Waals surface area contributed by atoms with Crippen molar-refractivity contribution in [2.75, 3.05) is 0 Å².